The van der Waals surface area contributed by atoms with E-state index in [0.717, 1.165) is 58.1 Å². The van der Waals surface area contributed by atoms with Crippen molar-refractivity contribution in [3.63, 3.8) is 0 Å². The summed E-state index contributed by atoms with van der Waals surface area (Å²) in [5, 5.41) is 7.53. The Hall–Kier alpha value is -2.93. The van der Waals surface area contributed by atoms with E-state index in [9.17, 15) is 0 Å². The molecule has 7 heteroatoms. The second-order valence-electron chi connectivity index (χ2n) is 7.75. The SMILES string of the molecule is C=C(CC1CCN(c2ncc(-c3cccc(Nc4cc(C)ccn4)n3)s2)CC1)NC. The van der Waals surface area contributed by atoms with Gasteiger partial charge >= 0.3 is 0 Å². The maximum Gasteiger partial charge on any atom is 0.185 e. The van der Waals surface area contributed by atoms with Gasteiger partial charge in [0, 0.05) is 38.2 Å². The topological polar surface area (TPSA) is 66.0 Å². The van der Waals surface area contributed by atoms with Crippen molar-refractivity contribution in [2.45, 2.75) is 26.2 Å². The summed E-state index contributed by atoms with van der Waals surface area (Å²) in [6.07, 6.45) is 7.15. The molecule has 0 aromatic carbocycles. The molecule has 3 aromatic rings. The van der Waals surface area contributed by atoms with E-state index in [1.807, 2.05) is 43.6 Å². The molecule has 2 N–H and O–H groups in total. The summed E-state index contributed by atoms with van der Waals surface area (Å²) in [5.41, 5.74) is 3.22. The Kier molecular flexibility index (Phi) is 6.28. The normalized spacial score (nSPS) is 14.5. The smallest absolute Gasteiger partial charge is 0.185 e. The van der Waals surface area contributed by atoms with E-state index in [1.165, 1.54) is 12.8 Å². The third-order valence-electron chi connectivity index (χ3n) is 5.44. The Labute approximate surface area is 182 Å². The van der Waals surface area contributed by atoms with Gasteiger partial charge in [-0.3, -0.25) is 0 Å². The number of nitrogens with one attached hydrogen (secondary N) is 2. The zero-order chi connectivity index (χ0) is 20.9. The lowest BCUT2D eigenvalue weighted by Crippen LogP contribution is -2.34. The number of piperidine rings is 1. The van der Waals surface area contributed by atoms with Crippen LogP contribution in [0, 0.1) is 12.8 Å². The highest BCUT2D eigenvalue weighted by atomic mass is 32.1. The Morgan fingerprint density at radius 2 is 2.03 bits per heavy atom. The average Bonchev–Trinajstić information content (AvgIpc) is 3.25. The fraction of sp³-hybridized carbons (Fsp3) is 0.348. The maximum atomic E-state index is 4.76. The van der Waals surface area contributed by atoms with Gasteiger partial charge in [0.05, 0.1) is 10.6 Å². The highest BCUT2D eigenvalue weighted by molar-refractivity contribution is 7.18. The van der Waals surface area contributed by atoms with Crippen LogP contribution < -0.4 is 15.5 Å². The molecule has 30 heavy (non-hydrogen) atoms. The van der Waals surface area contributed by atoms with E-state index in [-0.39, 0.29) is 0 Å². The van der Waals surface area contributed by atoms with E-state index in [1.54, 1.807) is 17.5 Å². The lowest BCUT2D eigenvalue weighted by molar-refractivity contribution is 0.397. The van der Waals surface area contributed by atoms with Crippen molar-refractivity contribution in [2.75, 3.05) is 30.4 Å². The second-order valence-corrected chi connectivity index (χ2v) is 8.76. The molecule has 1 fully saturated rings. The van der Waals surface area contributed by atoms with Crippen LogP contribution >= 0.6 is 11.3 Å². The molecule has 3 aromatic heterocycles. The van der Waals surface area contributed by atoms with Crippen LogP contribution in [-0.2, 0) is 0 Å². The van der Waals surface area contributed by atoms with Crippen molar-refractivity contribution in [1.29, 1.82) is 0 Å². The number of allylic oxidation sites excluding steroid dienone is 1. The van der Waals surface area contributed by atoms with Crippen LogP contribution in [0.15, 0.2) is 55.0 Å². The molecule has 4 rings (SSSR count). The largest absolute Gasteiger partial charge is 0.392 e. The third-order valence-corrected chi connectivity index (χ3v) is 6.52. The Morgan fingerprint density at radius 1 is 1.20 bits per heavy atom. The molecule has 0 spiro atoms. The third kappa shape index (κ3) is 4.97. The summed E-state index contributed by atoms with van der Waals surface area (Å²) in [6.45, 7) is 8.21. The molecule has 0 bridgehead atoms. The molecular weight excluding hydrogens is 392 g/mol. The van der Waals surface area contributed by atoms with Gasteiger partial charge in [0.15, 0.2) is 5.13 Å². The Bertz CT molecular complexity index is 1010. The van der Waals surface area contributed by atoms with Crippen LogP contribution in [0.2, 0.25) is 0 Å². The summed E-state index contributed by atoms with van der Waals surface area (Å²) in [7, 11) is 1.95. The molecular formula is C23H28N6S. The number of hydrogen-bond acceptors (Lipinski definition) is 7. The van der Waals surface area contributed by atoms with E-state index in [2.05, 4.69) is 39.0 Å². The number of pyridine rings is 2. The summed E-state index contributed by atoms with van der Waals surface area (Å²) < 4.78 is 0. The van der Waals surface area contributed by atoms with Crippen molar-refractivity contribution < 1.29 is 0 Å². The molecule has 156 valence electrons. The van der Waals surface area contributed by atoms with Crippen LogP contribution in [0.5, 0.6) is 0 Å². The summed E-state index contributed by atoms with van der Waals surface area (Å²) in [5.74, 6) is 2.29. The summed E-state index contributed by atoms with van der Waals surface area (Å²) >= 11 is 1.71. The first kappa shape index (κ1) is 20.3. The zero-order valence-corrected chi connectivity index (χ0v) is 18.4. The van der Waals surface area contributed by atoms with Crippen molar-refractivity contribution >= 4 is 28.1 Å². The molecule has 6 nitrogen and oxygen atoms in total. The first-order chi connectivity index (χ1) is 14.6. The molecule has 0 amide bonds. The maximum absolute atomic E-state index is 4.76. The zero-order valence-electron chi connectivity index (χ0n) is 17.6. The van der Waals surface area contributed by atoms with Crippen LogP contribution in [0.1, 0.15) is 24.8 Å². The Balaban J connectivity index is 1.41. The number of nitrogens with zero attached hydrogens (tertiary/aromatic N) is 4. The molecule has 0 aliphatic carbocycles. The quantitative estimate of drug-likeness (QED) is 0.561. The van der Waals surface area contributed by atoms with Gasteiger partial charge in [-0.2, -0.15) is 0 Å². The van der Waals surface area contributed by atoms with Crippen molar-refractivity contribution in [3.05, 3.63) is 60.6 Å². The highest BCUT2D eigenvalue weighted by Gasteiger charge is 2.22. The highest BCUT2D eigenvalue weighted by Crippen LogP contribution is 2.33. The molecule has 0 saturated carbocycles. The summed E-state index contributed by atoms with van der Waals surface area (Å²) in [4.78, 5) is 17.3. The van der Waals surface area contributed by atoms with E-state index < -0.39 is 0 Å². The Morgan fingerprint density at radius 3 is 2.80 bits per heavy atom. The first-order valence-electron chi connectivity index (χ1n) is 10.3. The van der Waals surface area contributed by atoms with Gasteiger partial charge in [-0.05, 0) is 61.9 Å². The van der Waals surface area contributed by atoms with Gasteiger partial charge in [0.2, 0.25) is 0 Å². The predicted octanol–water partition coefficient (Wildman–Crippen LogP) is 4.99. The van der Waals surface area contributed by atoms with Crippen LogP contribution in [-0.4, -0.2) is 35.1 Å². The number of anilines is 3. The number of aryl methyl sites for hydroxylation is 1. The van der Waals surface area contributed by atoms with Gasteiger partial charge < -0.3 is 15.5 Å². The average molecular weight is 421 g/mol. The van der Waals surface area contributed by atoms with Crippen molar-refractivity contribution in [2.24, 2.45) is 5.92 Å². The lowest BCUT2D eigenvalue weighted by atomic mass is 9.92. The van der Waals surface area contributed by atoms with Gasteiger partial charge in [-0.1, -0.05) is 24.0 Å². The number of thiazole rings is 1. The molecule has 1 aliphatic rings. The van der Waals surface area contributed by atoms with Crippen molar-refractivity contribution in [3.8, 4) is 10.6 Å². The van der Waals surface area contributed by atoms with E-state index >= 15 is 0 Å². The minimum Gasteiger partial charge on any atom is -0.392 e. The van der Waals surface area contributed by atoms with Crippen LogP contribution in [0.3, 0.4) is 0 Å². The predicted molar refractivity (Wildman–Crippen MR) is 125 cm³/mol. The molecule has 4 heterocycles. The van der Waals surface area contributed by atoms with Crippen LogP contribution in [0.25, 0.3) is 10.6 Å². The second kappa shape index (κ2) is 9.26. The van der Waals surface area contributed by atoms with Gasteiger partial charge in [0.25, 0.3) is 0 Å². The lowest BCUT2D eigenvalue weighted by Gasteiger charge is -2.32. The minimum absolute atomic E-state index is 0.709. The first-order valence-corrected chi connectivity index (χ1v) is 11.2. The van der Waals surface area contributed by atoms with Gasteiger partial charge in [-0.15, -0.1) is 0 Å². The van der Waals surface area contributed by atoms with Crippen LogP contribution in [0.4, 0.5) is 16.8 Å². The number of aromatic nitrogens is 3. The molecule has 0 radical (unpaired) electrons. The molecule has 1 aliphatic heterocycles. The van der Waals surface area contributed by atoms with Gasteiger partial charge in [0.1, 0.15) is 11.6 Å². The molecule has 1 saturated heterocycles. The fourth-order valence-electron chi connectivity index (χ4n) is 3.69. The fourth-order valence-corrected chi connectivity index (χ4v) is 4.62. The number of rotatable bonds is 7. The standard InChI is InChI=1S/C23H28N6S/c1-16-7-10-25-22(13-16)28-21-6-4-5-19(27-21)20-15-26-23(30-20)29-11-8-18(9-12-29)14-17(2)24-3/h4-7,10,13,15,18,24H,2,8-9,11-12,14H2,1,3H3,(H,25,27,28). The monoisotopic (exact) mass is 420 g/mol. The molecule has 0 unspecified atom stereocenters. The van der Waals surface area contributed by atoms with E-state index in [4.69, 9.17) is 4.98 Å². The molecule has 0 atom stereocenters. The van der Waals surface area contributed by atoms with E-state index in [0.29, 0.717) is 5.92 Å². The summed E-state index contributed by atoms with van der Waals surface area (Å²) in [6, 6.07) is 9.99. The van der Waals surface area contributed by atoms with Gasteiger partial charge in [-0.25, -0.2) is 15.0 Å². The minimum atomic E-state index is 0.709. The number of hydrogen-bond donors (Lipinski definition) is 2. The van der Waals surface area contributed by atoms with Crippen molar-refractivity contribution in [1.82, 2.24) is 20.3 Å².